The normalized spacial score (nSPS) is 10.7. The Morgan fingerprint density at radius 2 is 2.20 bits per heavy atom. The number of carbonyl (C=O) groups is 1. The van der Waals surface area contributed by atoms with Crippen molar-refractivity contribution in [1.29, 1.82) is 0 Å². The highest BCUT2D eigenvalue weighted by atomic mass is 35.5. The van der Waals surface area contributed by atoms with E-state index >= 15 is 0 Å². The molecular weight excluding hydrogens is 278 g/mol. The number of nitrogens with zero attached hydrogens (tertiary/aromatic N) is 1. The average Bonchev–Trinajstić information content (AvgIpc) is 2.39. The summed E-state index contributed by atoms with van der Waals surface area (Å²) in [5.41, 5.74) is 0.591. The molecule has 0 unspecified atom stereocenters. The number of benzene rings is 1. The third-order valence-corrected chi connectivity index (χ3v) is 3.05. The summed E-state index contributed by atoms with van der Waals surface area (Å²) in [6, 6.07) is 5.13. The van der Waals surface area contributed by atoms with Crippen molar-refractivity contribution in [3.63, 3.8) is 0 Å². The van der Waals surface area contributed by atoms with Crippen molar-refractivity contribution >= 4 is 23.2 Å². The fourth-order valence-corrected chi connectivity index (χ4v) is 1.99. The zero-order chi connectivity index (χ0) is 15.0. The molecule has 1 aromatic carbocycles. The predicted molar refractivity (Wildman–Crippen MR) is 82.7 cm³/mol. The summed E-state index contributed by atoms with van der Waals surface area (Å²) in [5, 5.41) is 6.46. The smallest absolute Gasteiger partial charge is 0.238 e. The molecule has 20 heavy (non-hydrogen) atoms. The van der Waals surface area contributed by atoms with E-state index < -0.39 is 0 Å². The van der Waals surface area contributed by atoms with Crippen LogP contribution in [0.2, 0.25) is 5.02 Å². The van der Waals surface area contributed by atoms with E-state index in [0.717, 1.165) is 19.5 Å². The van der Waals surface area contributed by atoms with E-state index in [1.807, 2.05) is 19.0 Å². The van der Waals surface area contributed by atoms with Gasteiger partial charge in [0.05, 0.1) is 19.3 Å². The topological polar surface area (TPSA) is 53.6 Å². The highest BCUT2D eigenvalue weighted by molar-refractivity contribution is 6.31. The van der Waals surface area contributed by atoms with Crippen LogP contribution in [0.1, 0.15) is 6.42 Å². The lowest BCUT2D eigenvalue weighted by Gasteiger charge is -2.17. The minimum Gasteiger partial charge on any atom is -0.495 e. The first-order valence-corrected chi connectivity index (χ1v) is 6.91. The Kier molecular flexibility index (Phi) is 7.36. The fourth-order valence-electron chi connectivity index (χ4n) is 1.82. The second kappa shape index (κ2) is 8.79. The van der Waals surface area contributed by atoms with Gasteiger partial charge in [-0.3, -0.25) is 9.69 Å². The van der Waals surface area contributed by atoms with Gasteiger partial charge in [-0.25, -0.2) is 0 Å². The third-order valence-electron chi connectivity index (χ3n) is 2.82. The number of hydrogen-bond acceptors (Lipinski definition) is 4. The van der Waals surface area contributed by atoms with Crippen LogP contribution in [0.3, 0.4) is 0 Å². The molecule has 0 radical (unpaired) electrons. The molecule has 1 amide bonds. The van der Waals surface area contributed by atoms with Gasteiger partial charge in [-0.15, -0.1) is 0 Å². The summed E-state index contributed by atoms with van der Waals surface area (Å²) in [7, 11) is 5.39. The number of nitrogens with one attached hydrogen (secondary N) is 2. The van der Waals surface area contributed by atoms with Gasteiger partial charge in [0, 0.05) is 5.02 Å². The van der Waals surface area contributed by atoms with Crippen molar-refractivity contribution in [2.75, 3.05) is 46.2 Å². The van der Waals surface area contributed by atoms with Gasteiger partial charge in [-0.1, -0.05) is 11.6 Å². The van der Waals surface area contributed by atoms with Crippen LogP contribution < -0.4 is 15.4 Å². The average molecular weight is 300 g/mol. The molecule has 0 saturated heterocycles. The molecule has 0 aliphatic rings. The van der Waals surface area contributed by atoms with Crippen LogP contribution in [0.15, 0.2) is 18.2 Å². The van der Waals surface area contributed by atoms with Gasteiger partial charge in [0.2, 0.25) is 5.91 Å². The molecule has 0 fully saturated rings. The summed E-state index contributed by atoms with van der Waals surface area (Å²) in [4.78, 5) is 13.9. The number of amides is 1. The maximum Gasteiger partial charge on any atom is 0.238 e. The number of rotatable bonds is 8. The fraction of sp³-hybridized carbons (Fsp3) is 0.500. The van der Waals surface area contributed by atoms with Crippen molar-refractivity contribution in [3.05, 3.63) is 23.2 Å². The molecule has 0 saturated carbocycles. The van der Waals surface area contributed by atoms with Crippen LogP contribution in [0.5, 0.6) is 5.75 Å². The zero-order valence-corrected chi connectivity index (χ0v) is 13.0. The molecule has 0 bridgehead atoms. The Morgan fingerprint density at radius 3 is 2.85 bits per heavy atom. The molecule has 1 aromatic rings. The Bertz CT molecular complexity index is 440. The van der Waals surface area contributed by atoms with Crippen LogP contribution in [0.4, 0.5) is 5.69 Å². The first-order valence-electron chi connectivity index (χ1n) is 6.53. The lowest BCUT2D eigenvalue weighted by molar-refractivity contribution is -0.117. The van der Waals surface area contributed by atoms with Gasteiger partial charge in [0.25, 0.3) is 0 Å². The van der Waals surface area contributed by atoms with Crippen LogP contribution >= 0.6 is 11.6 Å². The highest BCUT2D eigenvalue weighted by Crippen LogP contribution is 2.27. The van der Waals surface area contributed by atoms with Crippen LogP contribution in [-0.4, -0.2) is 51.6 Å². The van der Waals surface area contributed by atoms with E-state index in [9.17, 15) is 4.79 Å². The van der Waals surface area contributed by atoms with Crippen molar-refractivity contribution in [2.45, 2.75) is 6.42 Å². The van der Waals surface area contributed by atoms with E-state index in [0.29, 0.717) is 23.0 Å². The molecule has 5 nitrogen and oxygen atoms in total. The van der Waals surface area contributed by atoms with Crippen molar-refractivity contribution in [3.8, 4) is 5.75 Å². The Labute approximate surface area is 125 Å². The summed E-state index contributed by atoms with van der Waals surface area (Å²) in [6.45, 7) is 2.13. The van der Waals surface area contributed by atoms with Gasteiger partial charge >= 0.3 is 0 Å². The quantitative estimate of drug-likeness (QED) is 0.719. The highest BCUT2D eigenvalue weighted by Gasteiger charge is 2.10. The van der Waals surface area contributed by atoms with E-state index in [1.54, 1.807) is 25.3 Å². The lowest BCUT2D eigenvalue weighted by Crippen LogP contribution is -2.32. The number of anilines is 1. The molecule has 0 aliphatic carbocycles. The van der Waals surface area contributed by atoms with Gasteiger partial charge in [0.1, 0.15) is 5.75 Å². The maximum atomic E-state index is 12.0. The molecule has 0 spiro atoms. The van der Waals surface area contributed by atoms with Gasteiger partial charge < -0.3 is 15.4 Å². The van der Waals surface area contributed by atoms with E-state index in [1.165, 1.54) is 0 Å². The number of ether oxygens (including phenoxy) is 1. The largest absolute Gasteiger partial charge is 0.495 e. The van der Waals surface area contributed by atoms with Crippen molar-refractivity contribution in [2.24, 2.45) is 0 Å². The van der Waals surface area contributed by atoms with Crippen LogP contribution in [-0.2, 0) is 4.79 Å². The Balaban J connectivity index is 2.51. The van der Waals surface area contributed by atoms with Crippen molar-refractivity contribution in [1.82, 2.24) is 10.2 Å². The zero-order valence-electron chi connectivity index (χ0n) is 12.2. The molecule has 6 heteroatoms. The van der Waals surface area contributed by atoms with E-state index in [2.05, 4.69) is 10.6 Å². The van der Waals surface area contributed by atoms with E-state index in [-0.39, 0.29) is 5.91 Å². The summed E-state index contributed by atoms with van der Waals surface area (Å²) in [6.07, 6.45) is 1.00. The number of halogens is 1. The molecule has 0 aromatic heterocycles. The van der Waals surface area contributed by atoms with Gasteiger partial charge in [0.15, 0.2) is 0 Å². The molecule has 112 valence electrons. The molecule has 0 heterocycles. The molecule has 0 atom stereocenters. The first kappa shape index (κ1) is 16.8. The molecule has 2 N–H and O–H groups in total. The standard InChI is InChI=1S/C14H22ClN3O2/c1-16-7-4-8-18(2)10-14(19)17-12-9-11(15)5-6-13(12)20-3/h5-6,9,16H,4,7-8,10H2,1-3H3,(H,17,19). The number of likely N-dealkylation sites (N-methyl/N-ethyl adjacent to an activating group) is 1. The molecule has 0 aliphatic heterocycles. The Hall–Kier alpha value is -1.30. The minimum absolute atomic E-state index is 0.0856. The SMILES string of the molecule is CNCCCN(C)CC(=O)Nc1cc(Cl)ccc1OC. The molecular formula is C14H22ClN3O2. The summed E-state index contributed by atoms with van der Waals surface area (Å²) in [5.74, 6) is 0.512. The molecule has 1 rings (SSSR count). The Morgan fingerprint density at radius 1 is 1.45 bits per heavy atom. The van der Waals surface area contributed by atoms with Crippen LogP contribution in [0, 0.1) is 0 Å². The third kappa shape index (κ3) is 5.77. The lowest BCUT2D eigenvalue weighted by atomic mass is 10.3. The van der Waals surface area contributed by atoms with E-state index in [4.69, 9.17) is 16.3 Å². The van der Waals surface area contributed by atoms with Gasteiger partial charge in [-0.05, 0) is 51.8 Å². The monoisotopic (exact) mass is 299 g/mol. The number of methoxy groups -OCH3 is 1. The number of hydrogen-bond donors (Lipinski definition) is 2. The maximum absolute atomic E-state index is 12.0. The van der Waals surface area contributed by atoms with Crippen LogP contribution in [0.25, 0.3) is 0 Å². The van der Waals surface area contributed by atoms with Gasteiger partial charge in [-0.2, -0.15) is 0 Å². The van der Waals surface area contributed by atoms with Crippen molar-refractivity contribution < 1.29 is 9.53 Å². The second-order valence-electron chi connectivity index (χ2n) is 4.59. The minimum atomic E-state index is -0.0856. The number of carbonyl (C=O) groups excluding carboxylic acids is 1. The first-order chi connectivity index (χ1) is 9.56. The second-order valence-corrected chi connectivity index (χ2v) is 5.02. The summed E-state index contributed by atoms with van der Waals surface area (Å²) < 4.78 is 5.19. The predicted octanol–water partition coefficient (Wildman–Crippen LogP) is 1.83. The summed E-state index contributed by atoms with van der Waals surface area (Å²) >= 11 is 5.92.